The van der Waals surface area contributed by atoms with E-state index in [-0.39, 0.29) is 83.3 Å². The number of nitrogens with one attached hydrogen (secondary N) is 5. The Morgan fingerprint density at radius 1 is 0.929 bits per heavy atom. The molecule has 7 N–H and O–H groups in total. The second-order valence-corrected chi connectivity index (χ2v) is 19.2. The normalized spacial score (nSPS) is 18.5. The summed E-state index contributed by atoms with van der Waals surface area (Å²) in [4.78, 5) is 90.5. The van der Waals surface area contributed by atoms with Gasteiger partial charge in [-0.25, -0.2) is 13.8 Å². The third-order valence-corrected chi connectivity index (χ3v) is 13.0. The number of amides is 6. The van der Waals surface area contributed by atoms with E-state index in [1.807, 2.05) is 31.2 Å². The van der Waals surface area contributed by atoms with Gasteiger partial charge in [0.15, 0.2) is 0 Å². The summed E-state index contributed by atoms with van der Waals surface area (Å²) in [5, 5.41) is 32.9. The van der Waals surface area contributed by atoms with Crippen LogP contribution in [-0.4, -0.2) is 130 Å². The van der Waals surface area contributed by atoms with Crippen LogP contribution in [0.1, 0.15) is 60.9 Å². The number of nitrogens with zero attached hydrogens (tertiary/aromatic N) is 3. The number of aromatic amines is 1. The number of benzene rings is 3. The van der Waals surface area contributed by atoms with E-state index in [4.69, 9.17) is 9.47 Å². The monoisotopic (exact) mass is 986 g/mol. The highest BCUT2D eigenvalue weighted by Gasteiger charge is 2.52. The number of rotatable bonds is 19. The largest absolute Gasteiger partial charge is 0.391 e. The first kappa shape index (κ1) is 51.2. The minimum Gasteiger partial charge on any atom is -0.391 e. The topological polar surface area (TPSA) is 245 Å². The molecule has 18 nitrogen and oxygen atoms in total. The number of H-pyrrole nitrogens is 1. The van der Waals surface area contributed by atoms with Crippen molar-refractivity contribution in [2.24, 2.45) is 5.41 Å². The highest BCUT2D eigenvalue weighted by Crippen LogP contribution is 2.32. The van der Waals surface area contributed by atoms with Crippen molar-refractivity contribution in [2.75, 3.05) is 51.0 Å². The van der Waals surface area contributed by atoms with E-state index in [1.54, 1.807) is 61.9 Å². The first-order chi connectivity index (χ1) is 33.3. The van der Waals surface area contributed by atoms with E-state index in [9.17, 15) is 47.8 Å². The van der Waals surface area contributed by atoms with Crippen molar-refractivity contribution in [2.45, 2.75) is 77.4 Å². The molecule has 21 heteroatoms. The standard InChI is InChI=1S/C49H56F2N8O10S/c1-28-41(70-27-55-28)31-7-5-29(6-8-31)23-53-44(63)39-22-36(60)25-59(39)45(64)42(48(2,3)4)57-40(61)26-69-16-15-68-14-12-52-43(62)38-20-32-19-35(9-10-37(32)56-38)58-13-11-49(67,47(58)66)46(65)54-24-30-17-33(50)21-34(51)18-30/h5-10,17-21,27,36,39,42,56,60,67H,11-16,22-26H2,1-4H3,(H,52,62)(H,53,63)(H,54,65)(H,57,61)/t36-,39+,42-,49?/m1/s1. The summed E-state index contributed by atoms with van der Waals surface area (Å²) in [6, 6.07) is 15.0. The summed E-state index contributed by atoms with van der Waals surface area (Å²) in [5.41, 5.74) is 2.78. The van der Waals surface area contributed by atoms with Gasteiger partial charge in [-0.05, 0) is 65.4 Å². The minimum absolute atomic E-state index is 0.0131. The van der Waals surface area contributed by atoms with E-state index >= 15 is 0 Å². The molecule has 4 atom stereocenters. The maximum Gasteiger partial charge on any atom is 0.268 e. The fourth-order valence-electron chi connectivity index (χ4n) is 8.31. The molecule has 5 aromatic rings. The van der Waals surface area contributed by atoms with Crippen LogP contribution in [0.2, 0.25) is 0 Å². The molecule has 1 unspecified atom stereocenters. The van der Waals surface area contributed by atoms with Crippen molar-refractivity contribution < 1.29 is 57.2 Å². The lowest BCUT2D eigenvalue weighted by Gasteiger charge is -2.35. The molecule has 372 valence electrons. The van der Waals surface area contributed by atoms with Gasteiger partial charge in [-0.2, -0.15) is 0 Å². The summed E-state index contributed by atoms with van der Waals surface area (Å²) in [6.45, 7) is 7.18. The van der Waals surface area contributed by atoms with Crippen molar-refractivity contribution >= 4 is 63.4 Å². The van der Waals surface area contributed by atoms with Crippen molar-refractivity contribution in [1.29, 1.82) is 0 Å². The summed E-state index contributed by atoms with van der Waals surface area (Å²) in [6.07, 6.45) is -1.08. The number of aliphatic hydroxyl groups is 2. The second kappa shape index (κ2) is 22.0. The number of anilines is 1. The maximum absolute atomic E-state index is 14.0. The van der Waals surface area contributed by atoms with Crippen molar-refractivity contribution in [1.82, 2.24) is 36.1 Å². The zero-order valence-electron chi connectivity index (χ0n) is 39.1. The van der Waals surface area contributed by atoms with Gasteiger partial charge in [-0.1, -0.05) is 45.0 Å². The number of aliphatic hydroxyl groups excluding tert-OH is 1. The molecule has 7 rings (SSSR count). The van der Waals surface area contributed by atoms with Crippen LogP contribution in [0, 0.1) is 24.0 Å². The SMILES string of the molecule is Cc1ncsc1-c1ccc(CNC(=O)[C@@H]2C[C@@H](O)CN2C(=O)[C@@H](NC(=O)COCCOCCNC(=O)c2cc3cc(N4CCC(O)(C(=O)NCc5cc(F)cc(F)c5)C4=O)ccc3[nH]2)C(C)(C)C)cc1. The van der Waals surface area contributed by atoms with E-state index in [2.05, 4.69) is 31.2 Å². The van der Waals surface area contributed by atoms with Gasteiger partial charge in [0.05, 0.1) is 42.0 Å². The number of hydrogen-bond donors (Lipinski definition) is 7. The van der Waals surface area contributed by atoms with Crippen molar-refractivity contribution in [3.8, 4) is 10.4 Å². The van der Waals surface area contributed by atoms with Gasteiger partial charge in [0.25, 0.3) is 17.7 Å². The quantitative estimate of drug-likeness (QED) is 0.0468. The lowest BCUT2D eigenvalue weighted by Crippen LogP contribution is -2.58. The van der Waals surface area contributed by atoms with Crippen LogP contribution in [0.15, 0.2) is 72.2 Å². The summed E-state index contributed by atoms with van der Waals surface area (Å²) in [7, 11) is 0. The third-order valence-electron chi connectivity index (χ3n) is 12.1. The van der Waals surface area contributed by atoms with Crippen LogP contribution in [-0.2, 0) is 46.5 Å². The molecule has 0 saturated carbocycles. The van der Waals surface area contributed by atoms with Gasteiger partial charge in [-0.15, -0.1) is 11.3 Å². The fourth-order valence-corrected chi connectivity index (χ4v) is 9.13. The molecule has 6 amide bonds. The number of likely N-dealkylation sites (tertiary alicyclic amines) is 1. The highest BCUT2D eigenvalue weighted by atomic mass is 32.1. The van der Waals surface area contributed by atoms with Crippen LogP contribution >= 0.6 is 11.3 Å². The van der Waals surface area contributed by atoms with Gasteiger partial charge in [0, 0.05) is 68.2 Å². The Morgan fingerprint density at radius 3 is 2.34 bits per heavy atom. The Labute approximate surface area is 406 Å². The Balaban J connectivity index is 0.808. The van der Waals surface area contributed by atoms with Gasteiger partial charge in [0.2, 0.25) is 23.3 Å². The molecule has 0 radical (unpaired) electrons. The number of fused-ring (bicyclic) bond motifs is 1. The predicted molar refractivity (Wildman–Crippen MR) is 254 cm³/mol. The number of halogens is 2. The van der Waals surface area contributed by atoms with Crippen LogP contribution in [0.5, 0.6) is 0 Å². The average Bonchev–Trinajstić information content (AvgIpc) is 4.12. The maximum atomic E-state index is 14.0. The highest BCUT2D eigenvalue weighted by molar-refractivity contribution is 7.13. The van der Waals surface area contributed by atoms with E-state index in [0.717, 1.165) is 33.8 Å². The molecular weight excluding hydrogens is 931 g/mol. The Bertz CT molecular complexity index is 2720. The average molecular weight is 987 g/mol. The van der Waals surface area contributed by atoms with E-state index in [0.29, 0.717) is 22.7 Å². The molecule has 2 aliphatic rings. The first-order valence-electron chi connectivity index (χ1n) is 22.7. The third kappa shape index (κ3) is 12.2. The predicted octanol–water partition coefficient (Wildman–Crippen LogP) is 3.23. The number of hydrogen-bond acceptors (Lipinski definition) is 12. The van der Waals surface area contributed by atoms with Crippen molar-refractivity contribution in [3.05, 3.63) is 106 Å². The van der Waals surface area contributed by atoms with Gasteiger partial charge in [-0.3, -0.25) is 28.8 Å². The molecule has 2 aromatic heterocycles. The molecule has 70 heavy (non-hydrogen) atoms. The van der Waals surface area contributed by atoms with Gasteiger partial charge >= 0.3 is 0 Å². The molecule has 0 aliphatic carbocycles. The Morgan fingerprint density at radius 2 is 1.64 bits per heavy atom. The molecule has 0 bridgehead atoms. The summed E-state index contributed by atoms with van der Waals surface area (Å²) < 4.78 is 38.2. The zero-order chi connectivity index (χ0) is 50.3. The number of β-amino-alcohol motifs (C(OH)–C–C–N with tert-alkyl or cyclic N) is 1. The van der Waals surface area contributed by atoms with Crippen LogP contribution < -0.4 is 26.2 Å². The number of thiazole rings is 1. The smallest absolute Gasteiger partial charge is 0.268 e. The number of aromatic nitrogens is 2. The number of carbonyl (C=O) groups excluding carboxylic acids is 6. The molecule has 2 aliphatic heterocycles. The number of carbonyl (C=O) groups is 6. The zero-order valence-corrected chi connectivity index (χ0v) is 39.9. The summed E-state index contributed by atoms with van der Waals surface area (Å²) >= 11 is 1.55. The molecule has 2 fully saturated rings. The number of ether oxygens (including phenoxy) is 2. The number of aryl methyl sites for hydroxylation is 1. The first-order valence-corrected chi connectivity index (χ1v) is 23.6. The lowest BCUT2D eigenvalue weighted by atomic mass is 9.85. The minimum atomic E-state index is -2.39. The van der Waals surface area contributed by atoms with Crippen LogP contribution in [0.4, 0.5) is 14.5 Å². The molecular formula is C49H56F2N8O10S. The molecule has 2 saturated heterocycles. The van der Waals surface area contributed by atoms with E-state index < -0.39 is 76.3 Å². The molecule has 4 heterocycles. The lowest BCUT2D eigenvalue weighted by molar-refractivity contribution is -0.149. The summed E-state index contributed by atoms with van der Waals surface area (Å²) in [5.74, 6) is -5.42. The van der Waals surface area contributed by atoms with Crippen LogP contribution in [0.25, 0.3) is 21.3 Å². The van der Waals surface area contributed by atoms with E-state index in [1.165, 1.54) is 9.80 Å². The van der Waals surface area contributed by atoms with Gasteiger partial charge in [0.1, 0.15) is 36.0 Å². The molecule has 3 aromatic carbocycles. The van der Waals surface area contributed by atoms with Gasteiger partial charge < -0.3 is 55.7 Å². The molecule has 0 spiro atoms. The van der Waals surface area contributed by atoms with Crippen molar-refractivity contribution in [3.63, 3.8) is 0 Å². The Hall–Kier alpha value is -6.65. The Kier molecular flexibility index (Phi) is 16.1. The fraction of sp³-hybridized carbons (Fsp3) is 0.408. The second-order valence-electron chi connectivity index (χ2n) is 18.3. The van der Waals surface area contributed by atoms with Crippen LogP contribution in [0.3, 0.4) is 0 Å².